The summed E-state index contributed by atoms with van der Waals surface area (Å²) in [6.45, 7) is 0.366. The summed E-state index contributed by atoms with van der Waals surface area (Å²) in [4.78, 5) is 10.9. The Morgan fingerprint density at radius 2 is 2.10 bits per heavy atom. The maximum atomic E-state index is 12.8. The predicted octanol–water partition coefficient (Wildman–Crippen LogP) is 2.49. The monoisotopic (exact) mass is 305 g/mol. The molecule has 1 aromatic heterocycles. The molecule has 1 fully saturated rings. The van der Waals surface area contributed by atoms with Gasteiger partial charge in [0.1, 0.15) is 0 Å². The van der Waals surface area contributed by atoms with E-state index >= 15 is 0 Å². The van der Waals surface area contributed by atoms with Gasteiger partial charge in [-0.2, -0.15) is 18.3 Å². The molecule has 0 spiro atoms. The molecule has 5 nitrogen and oxygen atoms in total. The Morgan fingerprint density at radius 1 is 1.48 bits per heavy atom. The number of hydrogen-bond acceptors (Lipinski definition) is 3. The minimum Gasteiger partial charge on any atom is -0.480 e. The number of hydrogen-bond donors (Lipinski definition) is 2. The molecule has 21 heavy (non-hydrogen) atoms. The van der Waals surface area contributed by atoms with Gasteiger partial charge in [0.05, 0.1) is 11.7 Å². The van der Waals surface area contributed by atoms with Crippen LogP contribution in [-0.2, 0) is 11.3 Å². The summed E-state index contributed by atoms with van der Waals surface area (Å²) in [5.41, 5.74) is -2.58. The number of rotatable bonds is 5. The molecular formula is C13H18F3N3O2. The first-order chi connectivity index (χ1) is 9.74. The second kappa shape index (κ2) is 5.67. The van der Waals surface area contributed by atoms with Crippen molar-refractivity contribution in [2.24, 2.45) is 0 Å². The van der Waals surface area contributed by atoms with Crippen molar-refractivity contribution >= 4 is 5.97 Å². The van der Waals surface area contributed by atoms with E-state index in [0.717, 1.165) is 25.7 Å². The molecular weight excluding hydrogens is 287 g/mol. The van der Waals surface area contributed by atoms with Gasteiger partial charge in [-0.1, -0.05) is 12.8 Å². The second-order valence-electron chi connectivity index (χ2n) is 5.51. The summed E-state index contributed by atoms with van der Waals surface area (Å²) in [6.07, 6.45) is 1.14. The number of carbonyl (C=O) groups is 1. The maximum Gasteiger partial charge on any atom is 0.417 e. The normalized spacial score (nSPS) is 19.6. The molecule has 2 N–H and O–H groups in total. The van der Waals surface area contributed by atoms with Gasteiger partial charge >= 0.3 is 12.1 Å². The Hall–Kier alpha value is -1.57. The van der Waals surface area contributed by atoms with E-state index in [0.29, 0.717) is 18.7 Å². The Morgan fingerprint density at radius 3 is 2.62 bits per heavy atom. The van der Waals surface area contributed by atoms with Crippen LogP contribution in [0, 0.1) is 0 Å². The van der Waals surface area contributed by atoms with Crippen molar-refractivity contribution < 1.29 is 23.1 Å². The number of carboxylic acids is 1. The van der Waals surface area contributed by atoms with Crippen molar-refractivity contribution in [3.05, 3.63) is 18.0 Å². The smallest absolute Gasteiger partial charge is 0.417 e. The molecule has 0 bridgehead atoms. The molecule has 1 atom stereocenters. The maximum absolute atomic E-state index is 12.8. The number of carboxylic acid groups (broad SMARTS) is 1. The molecule has 118 valence electrons. The van der Waals surface area contributed by atoms with Gasteiger partial charge in [-0.3, -0.25) is 10.00 Å². The zero-order chi connectivity index (χ0) is 15.7. The highest BCUT2D eigenvalue weighted by Gasteiger charge is 2.57. The van der Waals surface area contributed by atoms with E-state index in [1.807, 2.05) is 0 Å². The summed E-state index contributed by atoms with van der Waals surface area (Å²) in [5.74, 6) is -1.95. The summed E-state index contributed by atoms with van der Waals surface area (Å²) in [7, 11) is 0. The van der Waals surface area contributed by atoms with Crippen LogP contribution in [0.2, 0.25) is 0 Å². The largest absolute Gasteiger partial charge is 0.480 e. The van der Waals surface area contributed by atoms with Crippen LogP contribution < -0.4 is 5.32 Å². The zero-order valence-corrected chi connectivity index (χ0v) is 11.7. The van der Waals surface area contributed by atoms with E-state index in [1.54, 1.807) is 16.9 Å². The van der Waals surface area contributed by atoms with Crippen LogP contribution in [-0.4, -0.2) is 32.6 Å². The summed E-state index contributed by atoms with van der Waals surface area (Å²) >= 11 is 0. The van der Waals surface area contributed by atoms with Crippen molar-refractivity contribution in [1.29, 1.82) is 0 Å². The third kappa shape index (κ3) is 3.20. The molecule has 1 aliphatic carbocycles. The third-order valence-corrected chi connectivity index (χ3v) is 3.98. The Bertz CT molecular complexity index is 509. The van der Waals surface area contributed by atoms with Crippen LogP contribution in [0.1, 0.15) is 44.3 Å². The Labute approximate surface area is 120 Å². The molecule has 1 heterocycles. The van der Waals surface area contributed by atoms with Crippen LogP contribution in [0.5, 0.6) is 0 Å². The summed E-state index contributed by atoms with van der Waals surface area (Å²) < 4.78 is 40.3. The van der Waals surface area contributed by atoms with Gasteiger partial charge in [0.25, 0.3) is 0 Å². The molecule has 1 unspecified atom stereocenters. The van der Waals surface area contributed by atoms with E-state index in [-0.39, 0.29) is 6.54 Å². The second-order valence-corrected chi connectivity index (χ2v) is 5.51. The SMILES string of the molecule is CC(NCc1ccn(C2CCCC2)n1)(C(=O)O)C(F)(F)F. The summed E-state index contributed by atoms with van der Waals surface area (Å²) in [5, 5.41) is 15.1. The number of aromatic nitrogens is 2. The minimum atomic E-state index is -4.88. The van der Waals surface area contributed by atoms with E-state index < -0.39 is 17.7 Å². The van der Waals surface area contributed by atoms with Crippen LogP contribution in [0.3, 0.4) is 0 Å². The zero-order valence-electron chi connectivity index (χ0n) is 11.7. The lowest BCUT2D eigenvalue weighted by Gasteiger charge is -2.28. The molecule has 2 rings (SSSR count). The Balaban J connectivity index is 2.03. The number of nitrogens with zero attached hydrogens (tertiary/aromatic N) is 2. The van der Waals surface area contributed by atoms with Gasteiger partial charge < -0.3 is 5.11 Å². The van der Waals surface area contributed by atoms with Gasteiger partial charge in [-0.05, 0) is 25.8 Å². The number of halogens is 3. The van der Waals surface area contributed by atoms with Crippen molar-refractivity contribution in [2.45, 2.75) is 56.9 Å². The first-order valence-electron chi connectivity index (χ1n) is 6.83. The highest BCUT2D eigenvalue weighted by Crippen LogP contribution is 2.31. The molecule has 1 aliphatic rings. The van der Waals surface area contributed by atoms with E-state index in [1.165, 1.54) is 0 Å². The quantitative estimate of drug-likeness (QED) is 0.877. The van der Waals surface area contributed by atoms with Crippen molar-refractivity contribution in [3.8, 4) is 0 Å². The van der Waals surface area contributed by atoms with Gasteiger partial charge in [0, 0.05) is 12.7 Å². The number of alkyl halides is 3. The Kier molecular flexibility index (Phi) is 4.27. The van der Waals surface area contributed by atoms with Crippen molar-refractivity contribution in [3.63, 3.8) is 0 Å². The van der Waals surface area contributed by atoms with Gasteiger partial charge in [-0.25, -0.2) is 4.79 Å². The average molecular weight is 305 g/mol. The predicted molar refractivity (Wildman–Crippen MR) is 68.7 cm³/mol. The minimum absolute atomic E-state index is 0.248. The summed E-state index contributed by atoms with van der Waals surface area (Å²) in [6, 6.07) is 1.91. The molecule has 0 aliphatic heterocycles. The van der Waals surface area contributed by atoms with Crippen LogP contribution in [0.4, 0.5) is 13.2 Å². The van der Waals surface area contributed by atoms with E-state index in [9.17, 15) is 18.0 Å². The molecule has 1 aromatic rings. The molecule has 1 saturated carbocycles. The lowest BCUT2D eigenvalue weighted by Crippen LogP contribution is -2.59. The third-order valence-electron chi connectivity index (χ3n) is 3.98. The van der Waals surface area contributed by atoms with Crippen LogP contribution >= 0.6 is 0 Å². The fourth-order valence-electron chi connectivity index (χ4n) is 2.41. The first-order valence-corrected chi connectivity index (χ1v) is 6.83. The number of nitrogens with one attached hydrogen (secondary N) is 1. The molecule has 8 heteroatoms. The highest BCUT2D eigenvalue weighted by atomic mass is 19.4. The molecule has 0 radical (unpaired) electrons. The van der Waals surface area contributed by atoms with Crippen molar-refractivity contribution in [1.82, 2.24) is 15.1 Å². The average Bonchev–Trinajstić information content (AvgIpc) is 3.04. The van der Waals surface area contributed by atoms with Crippen LogP contribution in [0.15, 0.2) is 12.3 Å². The molecule has 0 saturated heterocycles. The van der Waals surface area contributed by atoms with E-state index in [2.05, 4.69) is 10.4 Å². The van der Waals surface area contributed by atoms with Crippen LogP contribution in [0.25, 0.3) is 0 Å². The lowest BCUT2D eigenvalue weighted by molar-refractivity contribution is -0.206. The van der Waals surface area contributed by atoms with Crippen molar-refractivity contribution in [2.75, 3.05) is 0 Å². The highest BCUT2D eigenvalue weighted by molar-refractivity contribution is 5.79. The van der Waals surface area contributed by atoms with Gasteiger partial charge in [-0.15, -0.1) is 0 Å². The number of aliphatic carboxylic acids is 1. The molecule has 0 aromatic carbocycles. The fraction of sp³-hybridized carbons (Fsp3) is 0.692. The topological polar surface area (TPSA) is 67.2 Å². The standard InChI is InChI=1S/C13H18F3N3O2/c1-12(11(20)21,13(14,15)16)17-8-9-6-7-19(18-9)10-4-2-3-5-10/h6-7,10,17H,2-5,8H2,1H3,(H,20,21). The van der Waals surface area contributed by atoms with Gasteiger partial charge in [0.2, 0.25) is 5.54 Å². The van der Waals surface area contributed by atoms with Gasteiger partial charge in [0.15, 0.2) is 0 Å². The fourth-order valence-corrected chi connectivity index (χ4v) is 2.41. The first kappa shape index (κ1) is 15.8. The van der Waals surface area contributed by atoms with E-state index in [4.69, 9.17) is 5.11 Å². The molecule has 0 amide bonds. The lowest BCUT2D eigenvalue weighted by atomic mass is 10.0.